The Morgan fingerprint density at radius 1 is 1.24 bits per heavy atom. The average molecular weight is 300 g/mol. The molecule has 2 aromatic carbocycles. The molecule has 0 fully saturated rings. The molecule has 0 radical (unpaired) electrons. The van der Waals surface area contributed by atoms with E-state index in [0.29, 0.717) is 29.4 Å². The highest BCUT2D eigenvalue weighted by Gasteiger charge is 2.45. The third kappa shape index (κ3) is 2.27. The Kier molecular flexibility index (Phi) is 3.59. The minimum atomic E-state index is -1.01. The largest absolute Gasteiger partial charge is 0.493 e. The topological polar surface area (TPSA) is 53.2 Å². The van der Waals surface area contributed by atoms with Crippen molar-refractivity contribution in [2.75, 3.05) is 6.61 Å². The van der Waals surface area contributed by atoms with Crippen LogP contribution >= 0.6 is 11.6 Å². The van der Waals surface area contributed by atoms with E-state index in [4.69, 9.17) is 16.3 Å². The predicted molar refractivity (Wildman–Crippen MR) is 80.3 cm³/mol. The van der Waals surface area contributed by atoms with Crippen molar-refractivity contribution >= 4 is 11.6 Å². The van der Waals surface area contributed by atoms with Gasteiger partial charge in [0.15, 0.2) is 0 Å². The average Bonchev–Trinajstić information content (AvgIpc) is 2.53. The molecule has 2 aromatic rings. The zero-order valence-corrected chi connectivity index (χ0v) is 12.0. The lowest BCUT2D eigenvalue weighted by molar-refractivity contribution is 0.0807. The van der Waals surface area contributed by atoms with Crippen LogP contribution in [-0.2, 0) is 5.41 Å². The third-order valence-corrected chi connectivity index (χ3v) is 4.19. The number of nitriles is 1. The van der Waals surface area contributed by atoms with E-state index < -0.39 is 11.5 Å². The summed E-state index contributed by atoms with van der Waals surface area (Å²) >= 11 is 6.00. The highest BCUT2D eigenvalue weighted by atomic mass is 35.5. The first-order valence-corrected chi connectivity index (χ1v) is 7.12. The summed E-state index contributed by atoms with van der Waals surface area (Å²) in [6.45, 7) is 0.405. The number of halogens is 1. The van der Waals surface area contributed by atoms with E-state index in [1.54, 1.807) is 24.3 Å². The van der Waals surface area contributed by atoms with Crippen molar-refractivity contribution in [3.8, 4) is 11.8 Å². The van der Waals surface area contributed by atoms with Crippen molar-refractivity contribution < 1.29 is 9.84 Å². The molecule has 2 unspecified atom stereocenters. The second kappa shape index (κ2) is 5.40. The number of nitrogens with zero attached hydrogens (tertiary/aromatic N) is 1. The van der Waals surface area contributed by atoms with E-state index in [2.05, 4.69) is 6.07 Å². The van der Waals surface area contributed by atoms with Crippen LogP contribution in [0.25, 0.3) is 0 Å². The molecular formula is C17H14ClNO2. The van der Waals surface area contributed by atoms with Gasteiger partial charge in [-0.15, -0.1) is 0 Å². The molecule has 106 valence electrons. The van der Waals surface area contributed by atoms with Gasteiger partial charge in [0.2, 0.25) is 0 Å². The number of ether oxygens (including phenoxy) is 1. The molecule has 4 heteroatoms. The lowest BCUT2D eigenvalue weighted by Crippen LogP contribution is -2.37. The number of aliphatic hydroxyl groups is 1. The quantitative estimate of drug-likeness (QED) is 0.921. The number of rotatable bonds is 2. The molecule has 1 aliphatic rings. The maximum atomic E-state index is 10.8. The van der Waals surface area contributed by atoms with E-state index in [0.717, 1.165) is 5.56 Å². The van der Waals surface area contributed by atoms with Crippen LogP contribution in [0.15, 0.2) is 48.5 Å². The smallest absolute Gasteiger partial charge is 0.124 e. The van der Waals surface area contributed by atoms with Gasteiger partial charge in [0.25, 0.3) is 0 Å². The summed E-state index contributed by atoms with van der Waals surface area (Å²) in [6.07, 6.45) is -0.514. The molecule has 0 saturated heterocycles. The van der Waals surface area contributed by atoms with Gasteiger partial charge in [-0.25, -0.2) is 0 Å². The Balaban J connectivity index is 2.12. The van der Waals surface area contributed by atoms with E-state index in [-0.39, 0.29) is 0 Å². The molecular weight excluding hydrogens is 286 g/mol. The molecule has 21 heavy (non-hydrogen) atoms. The Morgan fingerprint density at radius 3 is 2.81 bits per heavy atom. The van der Waals surface area contributed by atoms with Crippen LogP contribution in [0.5, 0.6) is 5.75 Å². The highest BCUT2D eigenvalue weighted by Crippen LogP contribution is 2.46. The van der Waals surface area contributed by atoms with Crippen molar-refractivity contribution in [1.29, 1.82) is 5.26 Å². The first-order valence-electron chi connectivity index (χ1n) is 6.74. The van der Waals surface area contributed by atoms with Gasteiger partial charge in [0, 0.05) is 17.0 Å². The van der Waals surface area contributed by atoms with Crippen LogP contribution in [0.4, 0.5) is 0 Å². The molecule has 0 aliphatic carbocycles. The second-order valence-corrected chi connectivity index (χ2v) is 5.57. The Hall–Kier alpha value is -2.02. The van der Waals surface area contributed by atoms with Gasteiger partial charge in [-0.05, 0) is 23.8 Å². The summed E-state index contributed by atoms with van der Waals surface area (Å²) < 4.78 is 5.60. The standard InChI is InChI=1S/C17H14ClNO2/c18-13-5-3-4-12(10-13)16(20)17(11-19)8-9-21-15-7-2-1-6-14(15)17/h1-7,10,16,20H,8-9H2. The Morgan fingerprint density at radius 2 is 2.05 bits per heavy atom. The van der Waals surface area contributed by atoms with Gasteiger partial charge in [-0.2, -0.15) is 5.26 Å². The first kappa shape index (κ1) is 13.9. The van der Waals surface area contributed by atoms with Crippen LogP contribution in [-0.4, -0.2) is 11.7 Å². The summed E-state index contributed by atoms with van der Waals surface area (Å²) in [5, 5.41) is 21.2. The summed E-state index contributed by atoms with van der Waals surface area (Å²) in [5.74, 6) is 0.659. The van der Waals surface area contributed by atoms with Crippen molar-refractivity contribution in [2.45, 2.75) is 17.9 Å². The molecule has 1 aliphatic heterocycles. The molecule has 3 rings (SSSR count). The molecule has 2 atom stereocenters. The van der Waals surface area contributed by atoms with Gasteiger partial charge in [0.05, 0.1) is 12.7 Å². The molecule has 1 N–H and O–H groups in total. The van der Waals surface area contributed by atoms with Crippen LogP contribution in [0.3, 0.4) is 0 Å². The fourth-order valence-electron chi connectivity index (χ4n) is 2.84. The van der Waals surface area contributed by atoms with Gasteiger partial charge in [0.1, 0.15) is 17.3 Å². The van der Waals surface area contributed by atoms with Crippen LogP contribution in [0.2, 0.25) is 5.02 Å². The minimum Gasteiger partial charge on any atom is -0.493 e. The molecule has 3 nitrogen and oxygen atoms in total. The zero-order chi connectivity index (χ0) is 14.9. The zero-order valence-electron chi connectivity index (χ0n) is 11.3. The summed E-state index contributed by atoms with van der Waals surface area (Å²) in [7, 11) is 0. The van der Waals surface area contributed by atoms with Crippen LogP contribution < -0.4 is 4.74 Å². The number of hydrogen-bond donors (Lipinski definition) is 1. The fourth-order valence-corrected chi connectivity index (χ4v) is 3.04. The summed E-state index contributed by atoms with van der Waals surface area (Å²) in [6, 6.07) is 16.7. The molecule has 0 spiro atoms. The lowest BCUT2D eigenvalue weighted by atomic mass is 9.71. The van der Waals surface area contributed by atoms with Gasteiger partial charge in [-0.3, -0.25) is 0 Å². The minimum absolute atomic E-state index is 0.405. The number of aliphatic hydroxyl groups excluding tert-OH is 1. The van der Waals surface area contributed by atoms with Crippen molar-refractivity contribution in [2.24, 2.45) is 0 Å². The van der Waals surface area contributed by atoms with E-state index in [1.165, 1.54) is 0 Å². The molecule has 0 amide bonds. The van der Waals surface area contributed by atoms with Gasteiger partial charge < -0.3 is 9.84 Å². The van der Waals surface area contributed by atoms with E-state index in [9.17, 15) is 10.4 Å². The molecule has 0 aromatic heterocycles. The monoisotopic (exact) mass is 299 g/mol. The maximum Gasteiger partial charge on any atom is 0.124 e. The number of benzene rings is 2. The third-order valence-electron chi connectivity index (χ3n) is 3.95. The van der Waals surface area contributed by atoms with Crippen LogP contribution in [0, 0.1) is 11.3 Å². The highest BCUT2D eigenvalue weighted by molar-refractivity contribution is 6.30. The summed E-state index contributed by atoms with van der Waals surface area (Å²) in [5.41, 5.74) is 0.353. The Bertz CT molecular complexity index is 710. The normalized spacial score (nSPS) is 21.8. The molecule has 0 bridgehead atoms. The number of para-hydroxylation sites is 1. The second-order valence-electron chi connectivity index (χ2n) is 5.14. The summed E-state index contributed by atoms with van der Waals surface area (Å²) in [4.78, 5) is 0. The molecule has 0 saturated carbocycles. The van der Waals surface area contributed by atoms with Crippen molar-refractivity contribution in [1.82, 2.24) is 0 Å². The number of hydrogen-bond acceptors (Lipinski definition) is 3. The fraction of sp³-hybridized carbons (Fsp3) is 0.235. The first-order chi connectivity index (χ1) is 10.2. The number of fused-ring (bicyclic) bond motifs is 1. The maximum absolute atomic E-state index is 10.8. The van der Waals surface area contributed by atoms with E-state index in [1.807, 2.05) is 24.3 Å². The predicted octanol–water partition coefficient (Wildman–Crippen LogP) is 3.62. The van der Waals surface area contributed by atoms with Gasteiger partial charge >= 0.3 is 0 Å². The Labute approximate surface area is 128 Å². The van der Waals surface area contributed by atoms with Crippen molar-refractivity contribution in [3.05, 3.63) is 64.7 Å². The van der Waals surface area contributed by atoms with Gasteiger partial charge in [-0.1, -0.05) is 41.9 Å². The molecule has 1 heterocycles. The van der Waals surface area contributed by atoms with Crippen molar-refractivity contribution in [3.63, 3.8) is 0 Å². The van der Waals surface area contributed by atoms with Crippen LogP contribution in [0.1, 0.15) is 23.7 Å². The van der Waals surface area contributed by atoms with E-state index >= 15 is 0 Å². The lowest BCUT2D eigenvalue weighted by Gasteiger charge is -2.37. The SMILES string of the molecule is N#CC1(C(O)c2cccc(Cl)c2)CCOc2ccccc21.